The van der Waals surface area contributed by atoms with Gasteiger partial charge in [-0.15, -0.1) is 0 Å². The van der Waals surface area contributed by atoms with Gasteiger partial charge in [0, 0.05) is 6.42 Å². The first-order valence-corrected chi connectivity index (χ1v) is 8.19. The van der Waals surface area contributed by atoms with E-state index in [9.17, 15) is 4.79 Å². The molecule has 0 aromatic heterocycles. The molecule has 17 heavy (non-hydrogen) atoms. The van der Waals surface area contributed by atoms with Gasteiger partial charge >= 0.3 is 0 Å². The molecule has 0 bridgehead atoms. The molecule has 0 amide bonds. The predicted octanol–water partition coefficient (Wildman–Crippen LogP) is 3.51. The van der Waals surface area contributed by atoms with Crippen LogP contribution < -0.4 is 0 Å². The third kappa shape index (κ3) is 13.6. The molecule has 0 N–H and O–H groups in total. The molecule has 0 aliphatic carbocycles. The molecular formula is C14H30O2Si. The summed E-state index contributed by atoms with van der Waals surface area (Å²) in [6.07, 6.45) is 15.2. The molecule has 0 saturated heterocycles. The Bertz CT molecular complexity index is 172. The van der Waals surface area contributed by atoms with Crippen LogP contribution in [0.2, 0.25) is 0 Å². The second kappa shape index (κ2) is 13.8. The average molecular weight is 258 g/mol. The fraction of sp³-hybridized carbons (Fsp3) is 0.929. The van der Waals surface area contributed by atoms with E-state index in [4.69, 9.17) is 4.43 Å². The van der Waals surface area contributed by atoms with Crippen molar-refractivity contribution in [1.82, 2.24) is 0 Å². The lowest BCUT2D eigenvalue weighted by atomic mass is 10.1. The van der Waals surface area contributed by atoms with Crippen LogP contribution in [-0.2, 0) is 9.22 Å². The summed E-state index contributed by atoms with van der Waals surface area (Å²) in [5.74, 6) is -0.00686. The number of hydrogen-bond donors (Lipinski definition) is 0. The van der Waals surface area contributed by atoms with Crippen LogP contribution in [0.15, 0.2) is 0 Å². The summed E-state index contributed by atoms with van der Waals surface area (Å²) in [4.78, 5) is 10.9. The van der Waals surface area contributed by atoms with Crippen molar-refractivity contribution in [3.05, 3.63) is 0 Å². The number of unbranched alkanes of at least 4 members (excludes halogenated alkanes) is 10. The molecule has 0 aliphatic heterocycles. The van der Waals surface area contributed by atoms with Crippen LogP contribution in [-0.4, -0.2) is 16.5 Å². The minimum atomic E-state index is -0.00686. The number of carbonyl (C=O) groups excluding carboxylic acids is 1. The summed E-state index contributed by atoms with van der Waals surface area (Å²) in [5, 5.41) is 0. The summed E-state index contributed by atoms with van der Waals surface area (Å²) in [6.45, 7) is 2.26. The highest BCUT2D eigenvalue weighted by Gasteiger charge is 1.98. The molecule has 0 fully saturated rings. The van der Waals surface area contributed by atoms with Crippen molar-refractivity contribution in [2.75, 3.05) is 0 Å². The van der Waals surface area contributed by atoms with Crippen LogP contribution in [0.1, 0.15) is 84.0 Å². The van der Waals surface area contributed by atoms with Gasteiger partial charge in [-0.2, -0.15) is 0 Å². The van der Waals surface area contributed by atoms with E-state index in [0.717, 1.165) is 6.42 Å². The van der Waals surface area contributed by atoms with E-state index in [-0.39, 0.29) is 5.97 Å². The Hall–Kier alpha value is -0.313. The Balaban J connectivity index is 2.96. The van der Waals surface area contributed by atoms with Crippen LogP contribution >= 0.6 is 0 Å². The van der Waals surface area contributed by atoms with Crippen molar-refractivity contribution in [3.8, 4) is 0 Å². The molecular weight excluding hydrogens is 228 g/mol. The molecule has 0 rings (SSSR count). The molecule has 102 valence electrons. The second-order valence-electron chi connectivity index (χ2n) is 4.86. The topological polar surface area (TPSA) is 26.3 Å². The maximum atomic E-state index is 10.9. The third-order valence-electron chi connectivity index (χ3n) is 3.21. The van der Waals surface area contributed by atoms with Gasteiger partial charge in [-0.25, -0.2) is 0 Å². The van der Waals surface area contributed by atoms with E-state index < -0.39 is 0 Å². The first kappa shape index (κ1) is 16.7. The van der Waals surface area contributed by atoms with Gasteiger partial charge in [0.2, 0.25) is 10.5 Å². The second-order valence-corrected chi connectivity index (χ2v) is 5.27. The highest BCUT2D eigenvalue weighted by Crippen LogP contribution is 2.11. The molecule has 0 atom stereocenters. The van der Waals surface area contributed by atoms with Gasteiger partial charge in [-0.1, -0.05) is 71.1 Å². The molecule has 0 heterocycles. The molecule has 0 aromatic rings. The van der Waals surface area contributed by atoms with Gasteiger partial charge in [0.25, 0.3) is 5.97 Å². The minimum Gasteiger partial charge on any atom is -0.529 e. The highest BCUT2D eigenvalue weighted by atomic mass is 28.2. The van der Waals surface area contributed by atoms with Gasteiger partial charge in [-0.05, 0) is 6.42 Å². The van der Waals surface area contributed by atoms with E-state index in [1.807, 2.05) is 0 Å². The largest absolute Gasteiger partial charge is 0.529 e. The van der Waals surface area contributed by atoms with Gasteiger partial charge < -0.3 is 4.43 Å². The quantitative estimate of drug-likeness (QED) is 0.395. The van der Waals surface area contributed by atoms with Crippen LogP contribution in [0.25, 0.3) is 0 Å². The van der Waals surface area contributed by atoms with Crippen LogP contribution in [0, 0.1) is 0 Å². The summed E-state index contributed by atoms with van der Waals surface area (Å²) in [7, 11) is 0.544. The molecule has 2 nitrogen and oxygen atoms in total. The Kier molecular flexibility index (Phi) is 13.5. The Morgan fingerprint density at radius 2 is 1.24 bits per heavy atom. The molecule has 3 heteroatoms. The fourth-order valence-corrected chi connectivity index (χ4v) is 2.24. The predicted molar refractivity (Wildman–Crippen MR) is 77.1 cm³/mol. The maximum Gasteiger partial charge on any atom is 0.291 e. The Morgan fingerprint density at radius 3 is 1.65 bits per heavy atom. The lowest BCUT2D eigenvalue weighted by Gasteiger charge is -2.02. The number of rotatable bonds is 12. The zero-order chi connectivity index (χ0) is 12.8. The maximum absolute atomic E-state index is 10.9. The molecule has 0 spiro atoms. The smallest absolute Gasteiger partial charge is 0.291 e. The summed E-state index contributed by atoms with van der Waals surface area (Å²) in [6, 6.07) is 0. The normalized spacial score (nSPS) is 10.6. The van der Waals surface area contributed by atoms with Crippen molar-refractivity contribution < 1.29 is 9.22 Å². The number of hydrogen-bond acceptors (Lipinski definition) is 2. The van der Waals surface area contributed by atoms with Crippen LogP contribution in [0.3, 0.4) is 0 Å². The van der Waals surface area contributed by atoms with E-state index in [0.29, 0.717) is 16.9 Å². The highest BCUT2D eigenvalue weighted by molar-refractivity contribution is 6.05. The van der Waals surface area contributed by atoms with Crippen molar-refractivity contribution in [2.24, 2.45) is 0 Å². The lowest BCUT2D eigenvalue weighted by Crippen LogP contribution is -2.00. The van der Waals surface area contributed by atoms with Crippen molar-refractivity contribution in [3.63, 3.8) is 0 Å². The van der Waals surface area contributed by atoms with E-state index in [1.165, 1.54) is 64.2 Å². The van der Waals surface area contributed by atoms with Crippen LogP contribution in [0.5, 0.6) is 0 Å². The zero-order valence-corrected chi connectivity index (χ0v) is 13.8. The van der Waals surface area contributed by atoms with Crippen molar-refractivity contribution in [2.45, 2.75) is 84.0 Å². The fourth-order valence-electron chi connectivity index (χ4n) is 2.04. The third-order valence-corrected chi connectivity index (χ3v) is 3.67. The zero-order valence-electron chi connectivity index (χ0n) is 11.8. The Morgan fingerprint density at radius 1 is 0.824 bits per heavy atom. The summed E-state index contributed by atoms with van der Waals surface area (Å²) >= 11 is 0. The van der Waals surface area contributed by atoms with Gasteiger partial charge in [0.05, 0.1) is 0 Å². The van der Waals surface area contributed by atoms with Gasteiger partial charge in [-0.3, -0.25) is 4.79 Å². The molecule has 0 saturated carbocycles. The number of carbonyl (C=O) groups is 1. The standard InChI is InChI=1S/C14H30O2Si/c1-2-3-4-5-6-7-8-9-10-11-12-13-14(15)16-17/h2-13H2,1,17H3. The van der Waals surface area contributed by atoms with E-state index in [2.05, 4.69) is 6.92 Å². The van der Waals surface area contributed by atoms with E-state index in [1.54, 1.807) is 0 Å². The van der Waals surface area contributed by atoms with Crippen LogP contribution in [0.4, 0.5) is 0 Å². The first-order valence-electron chi connectivity index (χ1n) is 7.38. The molecule has 0 aromatic carbocycles. The Labute approximate surface area is 110 Å². The lowest BCUT2D eigenvalue weighted by molar-refractivity contribution is -0.134. The summed E-state index contributed by atoms with van der Waals surface area (Å²) < 4.78 is 4.74. The summed E-state index contributed by atoms with van der Waals surface area (Å²) in [5.41, 5.74) is 0. The van der Waals surface area contributed by atoms with Gasteiger partial charge in [0.15, 0.2) is 0 Å². The minimum absolute atomic E-state index is 0.00686. The molecule has 0 aliphatic rings. The SMILES string of the molecule is CCCCCCCCCCCCCC(=O)O[SiH3]. The molecule has 0 unspecified atom stereocenters. The van der Waals surface area contributed by atoms with Gasteiger partial charge in [0.1, 0.15) is 0 Å². The van der Waals surface area contributed by atoms with Crippen molar-refractivity contribution in [1.29, 1.82) is 0 Å². The average Bonchev–Trinajstić information content (AvgIpc) is 2.35. The van der Waals surface area contributed by atoms with E-state index >= 15 is 0 Å². The van der Waals surface area contributed by atoms with Crippen molar-refractivity contribution >= 4 is 16.5 Å². The monoisotopic (exact) mass is 258 g/mol. The molecule has 0 radical (unpaired) electrons. The first-order chi connectivity index (χ1) is 8.31.